The fraction of sp³-hybridized carbons (Fsp3) is 0.0769. The van der Waals surface area contributed by atoms with E-state index in [1.807, 2.05) is 86.6 Å². The first-order valence-corrected chi connectivity index (χ1v) is 10.6. The lowest BCUT2D eigenvalue weighted by Crippen LogP contribution is -2.14. The Hall–Kier alpha value is -4.52. The van der Waals surface area contributed by atoms with Crippen molar-refractivity contribution in [3.63, 3.8) is 0 Å². The highest BCUT2D eigenvalue weighted by Gasteiger charge is 2.24. The lowest BCUT2D eigenvalue weighted by atomic mass is 10.2. The van der Waals surface area contributed by atoms with Gasteiger partial charge in [-0.1, -0.05) is 59.7 Å². The zero-order chi connectivity index (χ0) is 22.9. The summed E-state index contributed by atoms with van der Waals surface area (Å²) in [5.74, 6) is -0.191. The molecular weight excluding hydrogens is 412 g/mol. The van der Waals surface area contributed by atoms with E-state index in [-0.39, 0.29) is 17.3 Å². The summed E-state index contributed by atoms with van der Waals surface area (Å²) in [7, 11) is 0. The summed E-state index contributed by atoms with van der Waals surface area (Å²) in [5.41, 5.74) is 12.7. The minimum Gasteiger partial charge on any atom is -0.383 e. The molecule has 0 unspecified atom stereocenters. The van der Waals surface area contributed by atoms with Gasteiger partial charge in [0, 0.05) is 5.69 Å². The number of aromatic nitrogens is 3. The number of aryl methyl sites for hydroxylation is 2. The van der Waals surface area contributed by atoms with Gasteiger partial charge in [-0.15, -0.1) is 0 Å². The van der Waals surface area contributed by atoms with E-state index in [9.17, 15) is 4.79 Å². The fourth-order valence-corrected chi connectivity index (χ4v) is 3.60. The number of hydrogen-bond acceptors (Lipinski definition) is 5. The van der Waals surface area contributed by atoms with Crippen molar-refractivity contribution in [2.45, 2.75) is 13.8 Å². The molecule has 0 aliphatic rings. The van der Waals surface area contributed by atoms with Gasteiger partial charge in [0.2, 0.25) is 0 Å². The van der Waals surface area contributed by atoms with Crippen molar-refractivity contribution in [1.82, 2.24) is 14.6 Å². The number of hydrogen-bond donors (Lipinski definition) is 2. The van der Waals surface area contributed by atoms with Gasteiger partial charge in [0.1, 0.15) is 16.9 Å². The molecule has 33 heavy (non-hydrogen) atoms. The molecule has 162 valence electrons. The van der Waals surface area contributed by atoms with E-state index in [0.717, 1.165) is 16.7 Å². The van der Waals surface area contributed by atoms with Crippen molar-refractivity contribution in [3.8, 4) is 0 Å². The van der Waals surface area contributed by atoms with Gasteiger partial charge < -0.3 is 11.1 Å². The predicted octanol–water partition coefficient (Wildman–Crippen LogP) is 4.92. The standard InChI is InChI=1S/C26H22N6O/c1-16-7-11-18(12-8-16)15-28-32-24(27)22(26(33)29-19-13-9-17(2)10-14-19)23-25(32)31-21-6-4-3-5-20(21)30-23/h3-15H,27H2,1-2H3,(H,29,33)/b28-15+. The highest BCUT2D eigenvalue weighted by Crippen LogP contribution is 2.28. The van der Waals surface area contributed by atoms with Gasteiger partial charge in [0.15, 0.2) is 5.65 Å². The summed E-state index contributed by atoms with van der Waals surface area (Å²) in [6, 6.07) is 23.0. The van der Waals surface area contributed by atoms with Gasteiger partial charge in [-0.25, -0.2) is 9.97 Å². The van der Waals surface area contributed by atoms with Crippen molar-refractivity contribution >= 4 is 45.8 Å². The minimum atomic E-state index is -0.366. The third kappa shape index (κ3) is 3.92. The fourth-order valence-electron chi connectivity index (χ4n) is 3.60. The maximum Gasteiger partial charge on any atom is 0.261 e. The Balaban J connectivity index is 1.65. The number of nitrogens with two attached hydrogens (primary N) is 1. The normalized spacial score (nSPS) is 11.5. The highest BCUT2D eigenvalue weighted by molar-refractivity contribution is 6.16. The molecule has 0 atom stereocenters. The number of nitrogen functional groups attached to an aromatic ring is 1. The van der Waals surface area contributed by atoms with Crippen LogP contribution >= 0.6 is 0 Å². The number of nitrogens with one attached hydrogen (secondary N) is 1. The van der Waals surface area contributed by atoms with E-state index >= 15 is 0 Å². The van der Waals surface area contributed by atoms with Crippen molar-refractivity contribution in [2.24, 2.45) is 5.10 Å². The molecule has 5 aromatic rings. The van der Waals surface area contributed by atoms with Crippen LogP contribution in [0.1, 0.15) is 27.0 Å². The Labute approximate surface area is 190 Å². The Bertz CT molecular complexity index is 1520. The molecule has 0 fully saturated rings. The van der Waals surface area contributed by atoms with Crippen LogP contribution in [0.2, 0.25) is 0 Å². The molecule has 1 amide bonds. The molecule has 0 aliphatic heterocycles. The van der Waals surface area contributed by atoms with Crippen molar-refractivity contribution in [2.75, 3.05) is 11.1 Å². The summed E-state index contributed by atoms with van der Waals surface area (Å²) < 4.78 is 1.47. The highest BCUT2D eigenvalue weighted by atomic mass is 16.1. The lowest BCUT2D eigenvalue weighted by Gasteiger charge is -2.06. The molecule has 3 aromatic carbocycles. The molecule has 0 bridgehead atoms. The Kier molecular flexibility index (Phi) is 5.06. The molecule has 7 heteroatoms. The average Bonchev–Trinajstić information content (AvgIpc) is 3.09. The number of amides is 1. The maximum atomic E-state index is 13.3. The van der Waals surface area contributed by atoms with Crippen LogP contribution in [0.3, 0.4) is 0 Å². The first-order chi connectivity index (χ1) is 16.0. The van der Waals surface area contributed by atoms with Crippen molar-refractivity contribution < 1.29 is 4.79 Å². The Morgan fingerprint density at radius 3 is 2.18 bits per heavy atom. The van der Waals surface area contributed by atoms with Gasteiger partial charge in [0.25, 0.3) is 5.91 Å². The van der Waals surface area contributed by atoms with E-state index < -0.39 is 0 Å². The van der Waals surface area contributed by atoms with Gasteiger partial charge in [-0.2, -0.15) is 9.78 Å². The van der Waals surface area contributed by atoms with E-state index in [2.05, 4.69) is 10.4 Å². The number of fused-ring (bicyclic) bond motifs is 2. The Morgan fingerprint density at radius 1 is 0.909 bits per heavy atom. The molecular formula is C26H22N6O. The summed E-state index contributed by atoms with van der Waals surface area (Å²) in [5, 5.41) is 7.45. The van der Waals surface area contributed by atoms with Crippen LogP contribution in [0.15, 0.2) is 77.9 Å². The van der Waals surface area contributed by atoms with Crippen LogP contribution in [0.4, 0.5) is 11.5 Å². The van der Waals surface area contributed by atoms with Crippen molar-refractivity contribution in [3.05, 3.63) is 95.1 Å². The van der Waals surface area contributed by atoms with E-state index in [0.29, 0.717) is 27.9 Å². The number of para-hydroxylation sites is 2. The van der Waals surface area contributed by atoms with Crippen LogP contribution in [-0.4, -0.2) is 26.8 Å². The van der Waals surface area contributed by atoms with Gasteiger partial charge in [-0.05, 0) is 43.7 Å². The topological polar surface area (TPSA) is 98.2 Å². The minimum absolute atomic E-state index is 0.174. The predicted molar refractivity (Wildman–Crippen MR) is 133 cm³/mol. The largest absolute Gasteiger partial charge is 0.383 e. The second kappa shape index (κ2) is 8.20. The van der Waals surface area contributed by atoms with Crippen LogP contribution in [-0.2, 0) is 0 Å². The van der Waals surface area contributed by atoms with Crippen LogP contribution in [0, 0.1) is 13.8 Å². The monoisotopic (exact) mass is 434 g/mol. The number of carbonyl (C=O) groups is 1. The van der Waals surface area contributed by atoms with Gasteiger partial charge in [0.05, 0.1) is 17.2 Å². The molecule has 2 aromatic heterocycles. The number of anilines is 2. The molecule has 3 N–H and O–H groups in total. The second-order valence-corrected chi connectivity index (χ2v) is 7.93. The summed E-state index contributed by atoms with van der Waals surface area (Å²) in [6.07, 6.45) is 1.69. The molecule has 0 spiro atoms. The second-order valence-electron chi connectivity index (χ2n) is 7.93. The van der Waals surface area contributed by atoms with Crippen LogP contribution in [0.5, 0.6) is 0 Å². The number of nitrogens with zero attached hydrogens (tertiary/aromatic N) is 4. The smallest absolute Gasteiger partial charge is 0.261 e. The number of rotatable bonds is 4. The van der Waals surface area contributed by atoms with E-state index in [1.54, 1.807) is 6.21 Å². The quantitative estimate of drug-likeness (QED) is 0.392. The first kappa shape index (κ1) is 20.4. The number of carbonyl (C=O) groups excluding carboxylic acids is 1. The average molecular weight is 435 g/mol. The summed E-state index contributed by atoms with van der Waals surface area (Å²) >= 11 is 0. The number of benzene rings is 3. The van der Waals surface area contributed by atoms with Gasteiger partial charge in [-0.3, -0.25) is 4.79 Å². The van der Waals surface area contributed by atoms with E-state index in [1.165, 1.54) is 4.68 Å². The molecule has 0 saturated carbocycles. The van der Waals surface area contributed by atoms with Crippen LogP contribution < -0.4 is 11.1 Å². The zero-order valence-corrected chi connectivity index (χ0v) is 18.3. The summed E-state index contributed by atoms with van der Waals surface area (Å²) in [4.78, 5) is 22.7. The molecule has 7 nitrogen and oxygen atoms in total. The van der Waals surface area contributed by atoms with Crippen molar-refractivity contribution in [1.29, 1.82) is 0 Å². The molecule has 5 rings (SSSR count). The van der Waals surface area contributed by atoms with E-state index in [4.69, 9.17) is 15.7 Å². The maximum absolute atomic E-state index is 13.3. The third-order valence-electron chi connectivity index (χ3n) is 5.41. The first-order valence-electron chi connectivity index (χ1n) is 10.6. The summed E-state index contributed by atoms with van der Waals surface area (Å²) in [6.45, 7) is 4.02. The zero-order valence-electron chi connectivity index (χ0n) is 18.3. The molecule has 0 saturated heterocycles. The molecule has 2 heterocycles. The van der Waals surface area contributed by atoms with Gasteiger partial charge >= 0.3 is 0 Å². The third-order valence-corrected chi connectivity index (χ3v) is 5.41. The molecule has 0 aliphatic carbocycles. The lowest BCUT2D eigenvalue weighted by molar-refractivity contribution is 0.102. The van der Waals surface area contributed by atoms with Crippen LogP contribution in [0.25, 0.3) is 22.2 Å². The Morgan fingerprint density at radius 2 is 1.52 bits per heavy atom. The molecule has 0 radical (unpaired) electrons. The SMILES string of the molecule is Cc1ccc(/C=N/n2c(N)c(C(=O)Nc3ccc(C)cc3)c3nc4ccccc4nc32)cc1.